The van der Waals surface area contributed by atoms with Crippen molar-refractivity contribution in [2.24, 2.45) is 0 Å². The number of carbonyl (C=O) groups excluding carboxylic acids is 2. The van der Waals surface area contributed by atoms with Gasteiger partial charge in [0.2, 0.25) is 0 Å². The molecule has 1 rings (SSSR count). The molecular formula is C8H8O4. The summed E-state index contributed by atoms with van der Waals surface area (Å²) in [5.74, 6) is 0.323. The Hall–Kier alpha value is -1.58. The number of hydrogen-bond donors (Lipinski definition) is 0. The summed E-state index contributed by atoms with van der Waals surface area (Å²) in [4.78, 5) is 20.5. The maximum Gasteiger partial charge on any atom is 0.303 e. The van der Waals surface area contributed by atoms with Crippen LogP contribution in [0.15, 0.2) is 16.5 Å². The van der Waals surface area contributed by atoms with E-state index in [0.29, 0.717) is 12.0 Å². The third-order valence-corrected chi connectivity index (χ3v) is 1.22. The van der Waals surface area contributed by atoms with Gasteiger partial charge in [-0.25, -0.2) is 0 Å². The van der Waals surface area contributed by atoms with Gasteiger partial charge in [0.05, 0.1) is 0 Å². The van der Waals surface area contributed by atoms with Crippen LogP contribution in [0.4, 0.5) is 0 Å². The second-order valence-electron chi connectivity index (χ2n) is 2.20. The van der Waals surface area contributed by atoms with Crippen LogP contribution in [0.25, 0.3) is 0 Å². The average molecular weight is 168 g/mol. The summed E-state index contributed by atoms with van der Waals surface area (Å²) in [6.45, 7) is 1.38. The van der Waals surface area contributed by atoms with Gasteiger partial charge in [-0.2, -0.15) is 0 Å². The summed E-state index contributed by atoms with van der Waals surface area (Å²) < 4.78 is 9.58. The lowest BCUT2D eigenvalue weighted by Crippen LogP contribution is -1.97. The SMILES string of the molecule is CC(=O)OCc1ccc(C=O)o1. The Morgan fingerprint density at radius 3 is 2.92 bits per heavy atom. The molecule has 0 aliphatic rings. The van der Waals surface area contributed by atoms with Crippen LogP contribution in [0.5, 0.6) is 0 Å². The first kappa shape index (κ1) is 8.52. The maximum atomic E-state index is 10.4. The summed E-state index contributed by atoms with van der Waals surface area (Å²) in [5.41, 5.74) is 0. The van der Waals surface area contributed by atoms with E-state index >= 15 is 0 Å². The molecule has 1 aromatic heterocycles. The average Bonchev–Trinajstić information content (AvgIpc) is 2.48. The molecule has 0 spiro atoms. The number of esters is 1. The predicted octanol–water partition coefficient (Wildman–Crippen LogP) is 1.16. The summed E-state index contributed by atoms with van der Waals surface area (Å²) >= 11 is 0. The monoisotopic (exact) mass is 168 g/mol. The van der Waals surface area contributed by atoms with Crippen molar-refractivity contribution in [2.45, 2.75) is 13.5 Å². The third-order valence-electron chi connectivity index (χ3n) is 1.22. The van der Waals surface area contributed by atoms with E-state index in [0.717, 1.165) is 0 Å². The Morgan fingerprint density at radius 2 is 2.42 bits per heavy atom. The molecular weight excluding hydrogens is 160 g/mol. The van der Waals surface area contributed by atoms with Gasteiger partial charge in [-0.05, 0) is 12.1 Å². The molecule has 0 unspecified atom stereocenters. The molecule has 64 valence electrons. The van der Waals surface area contributed by atoms with E-state index in [4.69, 9.17) is 4.42 Å². The van der Waals surface area contributed by atoms with Gasteiger partial charge in [-0.3, -0.25) is 9.59 Å². The summed E-state index contributed by atoms with van der Waals surface area (Å²) in [6.07, 6.45) is 0.595. The molecule has 0 radical (unpaired) electrons. The van der Waals surface area contributed by atoms with Gasteiger partial charge in [0.25, 0.3) is 0 Å². The quantitative estimate of drug-likeness (QED) is 0.502. The number of hydrogen-bond acceptors (Lipinski definition) is 4. The van der Waals surface area contributed by atoms with Crippen molar-refractivity contribution >= 4 is 12.3 Å². The molecule has 0 atom stereocenters. The molecule has 12 heavy (non-hydrogen) atoms. The molecule has 0 amide bonds. The molecule has 0 saturated heterocycles. The van der Waals surface area contributed by atoms with Crippen LogP contribution in [0, 0.1) is 0 Å². The summed E-state index contributed by atoms with van der Waals surface area (Å²) in [5, 5.41) is 0. The second kappa shape index (κ2) is 3.71. The molecule has 0 fully saturated rings. The highest BCUT2D eigenvalue weighted by Crippen LogP contribution is 2.06. The highest BCUT2D eigenvalue weighted by atomic mass is 16.5. The summed E-state index contributed by atoms with van der Waals surface area (Å²) in [7, 11) is 0. The van der Waals surface area contributed by atoms with Crippen LogP contribution in [-0.2, 0) is 16.1 Å². The normalized spacial score (nSPS) is 9.42. The topological polar surface area (TPSA) is 56.5 Å². The number of carbonyl (C=O) groups is 2. The molecule has 1 aromatic rings. The van der Waals surface area contributed by atoms with Crippen molar-refractivity contribution in [2.75, 3.05) is 0 Å². The predicted molar refractivity (Wildman–Crippen MR) is 39.6 cm³/mol. The molecule has 0 aliphatic heterocycles. The minimum atomic E-state index is -0.376. The first-order chi connectivity index (χ1) is 5.72. The smallest absolute Gasteiger partial charge is 0.303 e. The molecule has 4 nitrogen and oxygen atoms in total. The zero-order chi connectivity index (χ0) is 8.97. The van der Waals surface area contributed by atoms with Crippen LogP contribution in [0.2, 0.25) is 0 Å². The Bertz CT molecular complexity index is 287. The molecule has 0 saturated carbocycles. The number of rotatable bonds is 3. The van der Waals surface area contributed by atoms with E-state index in [1.54, 1.807) is 6.07 Å². The molecule has 0 bridgehead atoms. The Kier molecular flexibility index (Phi) is 2.63. The Morgan fingerprint density at radius 1 is 1.67 bits per heavy atom. The molecule has 0 aromatic carbocycles. The van der Waals surface area contributed by atoms with Crippen molar-refractivity contribution in [1.82, 2.24) is 0 Å². The van der Waals surface area contributed by atoms with Gasteiger partial charge in [0.1, 0.15) is 12.4 Å². The standard InChI is InChI=1S/C8H8O4/c1-6(10)11-5-8-3-2-7(4-9)12-8/h2-4H,5H2,1H3. The van der Waals surface area contributed by atoms with Crippen molar-refractivity contribution in [3.05, 3.63) is 23.7 Å². The highest BCUT2D eigenvalue weighted by Gasteiger charge is 2.01. The van der Waals surface area contributed by atoms with E-state index in [1.165, 1.54) is 13.0 Å². The van der Waals surface area contributed by atoms with Crippen LogP contribution in [0.3, 0.4) is 0 Å². The fraction of sp³-hybridized carbons (Fsp3) is 0.250. The Balaban J connectivity index is 2.52. The van der Waals surface area contributed by atoms with Crippen LogP contribution < -0.4 is 0 Å². The zero-order valence-corrected chi connectivity index (χ0v) is 6.57. The van der Waals surface area contributed by atoms with Crippen LogP contribution in [-0.4, -0.2) is 12.3 Å². The highest BCUT2D eigenvalue weighted by molar-refractivity contribution is 5.70. The van der Waals surface area contributed by atoms with Crippen molar-refractivity contribution in [3.63, 3.8) is 0 Å². The van der Waals surface area contributed by atoms with Crippen LogP contribution >= 0.6 is 0 Å². The van der Waals surface area contributed by atoms with Crippen LogP contribution in [0.1, 0.15) is 23.2 Å². The minimum absolute atomic E-state index is 0.0726. The van der Waals surface area contributed by atoms with E-state index in [2.05, 4.69) is 4.74 Å². The van der Waals surface area contributed by atoms with Crippen molar-refractivity contribution in [3.8, 4) is 0 Å². The van der Waals surface area contributed by atoms with Gasteiger partial charge in [-0.15, -0.1) is 0 Å². The van der Waals surface area contributed by atoms with Crippen molar-refractivity contribution in [1.29, 1.82) is 0 Å². The number of ether oxygens (including phenoxy) is 1. The summed E-state index contributed by atoms with van der Waals surface area (Å²) in [6, 6.07) is 3.11. The van der Waals surface area contributed by atoms with Gasteiger partial charge in [0, 0.05) is 6.92 Å². The molecule has 0 N–H and O–H groups in total. The zero-order valence-electron chi connectivity index (χ0n) is 6.57. The maximum absolute atomic E-state index is 10.4. The van der Waals surface area contributed by atoms with Gasteiger partial charge >= 0.3 is 5.97 Å². The lowest BCUT2D eigenvalue weighted by Gasteiger charge is -1.96. The fourth-order valence-electron chi connectivity index (χ4n) is 0.708. The second-order valence-corrected chi connectivity index (χ2v) is 2.20. The lowest BCUT2D eigenvalue weighted by atomic mass is 10.4. The lowest BCUT2D eigenvalue weighted by molar-refractivity contribution is -0.142. The fourth-order valence-corrected chi connectivity index (χ4v) is 0.708. The third kappa shape index (κ3) is 2.23. The molecule has 0 aliphatic carbocycles. The number of furan rings is 1. The first-order valence-electron chi connectivity index (χ1n) is 3.39. The minimum Gasteiger partial charge on any atom is -0.458 e. The van der Waals surface area contributed by atoms with Gasteiger partial charge in [0.15, 0.2) is 12.0 Å². The van der Waals surface area contributed by atoms with E-state index in [1.807, 2.05) is 0 Å². The molecule has 1 heterocycles. The Labute approximate surface area is 69.1 Å². The van der Waals surface area contributed by atoms with Gasteiger partial charge in [-0.1, -0.05) is 0 Å². The van der Waals surface area contributed by atoms with Gasteiger partial charge < -0.3 is 9.15 Å². The first-order valence-corrected chi connectivity index (χ1v) is 3.39. The van der Waals surface area contributed by atoms with E-state index < -0.39 is 0 Å². The number of aldehydes is 1. The van der Waals surface area contributed by atoms with E-state index in [-0.39, 0.29) is 18.3 Å². The van der Waals surface area contributed by atoms with E-state index in [9.17, 15) is 9.59 Å². The molecule has 4 heteroatoms. The largest absolute Gasteiger partial charge is 0.458 e. The van der Waals surface area contributed by atoms with Crippen molar-refractivity contribution < 1.29 is 18.7 Å².